The molecule has 2 aromatic rings. The first-order chi connectivity index (χ1) is 8.20. The molecular weight excluding hydrogens is 327 g/mol. The summed E-state index contributed by atoms with van der Waals surface area (Å²) in [6.45, 7) is 0. The molecule has 17 heavy (non-hydrogen) atoms. The summed E-state index contributed by atoms with van der Waals surface area (Å²) in [5.41, 5.74) is 8.21. The molecule has 3 nitrogen and oxygen atoms in total. The second kappa shape index (κ2) is 5.46. The van der Waals surface area contributed by atoms with Gasteiger partial charge in [0.1, 0.15) is 5.75 Å². The highest BCUT2D eigenvalue weighted by atomic mass is 127. The molecule has 0 radical (unpaired) electrons. The molecule has 0 spiro atoms. The van der Waals surface area contributed by atoms with Crippen LogP contribution in [0.2, 0.25) is 0 Å². The first kappa shape index (κ1) is 12.3. The van der Waals surface area contributed by atoms with Gasteiger partial charge in [-0.15, -0.1) is 0 Å². The van der Waals surface area contributed by atoms with Crippen molar-refractivity contribution in [1.29, 1.82) is 0 Å². The van der Waals surface area contributed by atoms with E-state index in [9.17, 15) is 0 Å². The second-order valence-corrected chi connectivity index (χ2v) is 4.93. The van der Waals surface area contributed by atoms with Gasteiger partial charge in [-0.1, -0.05) is 12.1 Å². The number of benzene rings is 1. The number of ether oxygens (including phenoxy) is 1. The van der Waals surface area contributed by atoms with Gasteiger partial charge in [0.05, 0.1) is 19.3 Å². The van der Waals surface area contributed by atoms with Gasteiger partial charge < -0.3 is 10.5 Å². The smallest absolute Gasteiger partial charge is 0.137 e. The van der Waals surface area contributed by atoms with E-state index in [2.05, 4.69) is 27.6 Å². The van der Waals surface area contributed by atoms with Gasteiger partial charge in [0.2, 0.25) is 0 Å². The SMILES string of the molecule is COc1cncc(C(N)c2ccc(I)cc2)c1. The van der Waals surface area contributed by atoms with E-state index < -0.39 is 0 Å². The second-order valence-electron chi connectivity index (χ2n) is 3.69. The van der Waals surface area contributed by atoms with Crippen LogP contribution in [-0.2, 0) is 0 Å². The standard InChI is InChI=1S/C13H13IN2O/c1-17-12-6-10(7-16-8-12)13(15)9-2-4-11(14)5-3-9/h2-8,13H,15H2,1H3. The van der Waals surface area contributed by atoms with Crippen molar-refractivity contribution in [3.63, 3.8) is 0 Å². The van der Waals surface area contributed by atoms with E-state index in [1.165, 1.54) is 3.57 Å². The van der Waals surface area contributed by atoms with Crippen molar-refractivity contribution in [2.45, 2.75) is 6.04 Å². The molecular formula is C13H13IN2O. The number of nitrogens with two attached hydrogens (primary N) is 1. The molecule has 1 aromatic carbocycles. The number of halogens is 1. The van der Waals surface area contributed by atoms with E-state index in [0.29, 0.717) is 0 Å². The summed E-state index contributed by atoms with van der Waals surface area (Å²) in [4.78, 5) is 4.11. The monoisotopic (exact) mass is 340 g/mol. The number of nitrogens with zero attached hydrogens (tertiary/aromatic N) is 1. The van der Waals surface area contributed by atoms with Crippen molar-refractivity contribution in [1.82, 2.24) is 4.98 Å². The third-order valence-corrected chi connectivity index (χ3v) is 3.28. The molecule has 1 unspecified atom stereocenters. The Morgan fingerprint density at radius 3 is 2.53 bits per heavy atom. The Morgan fingerprint density at radius 1 is 1.18 bits per heavy atom. The van der Waals surface area contributed by atoms with E-state index in [1.54, 1.807) is 19.5 Å². The van der Waals surface area contributed by atoms with Crippen molar-refractivity contribution >= 4 is 22.6 Å². The number of pyridine rings is 1. The minimum absolute atomic E-state index is 0.172. The Morgan fingerprint density at radius 2 is 1.88 bits per heavy atom. The molecule has 4 heteroatoms. The lowest BCUT2D eigenvalue weighted by atomic mass is 10.0. The van der Waals surface area contributed by atoms with Gasteiger partial charge in [0.15, 0.2) is 0 Å². The van der Waals surface area contributed by atoms with E-state index >= 15 is 0 Å². The van der Waals surface area contributed by atoms with Gasteiger partial charge in [-0.2, -0.15) is 0 Å². The number of hydrogen-bond donors (Lipinski definition) is 1. The van der Waals surface area contributed by atoms with Gasteiger partial charge in [-0.3, -0.25) is 4.98 Å². The van der Waals surface area contributed by atoms with Crippen molar-refractivity contribution < 1.29 is 4.74 Å². The summed E-state index contributed by atoms with van der Waals surface area (Å²) >= 11 is 2.27. The molecule has 1 aromatic heterocycles. The van der Waals surface area contributed by atoms with Crippen LogP contribution in [0, 0.1) is 3.57 Å². The maximum Gasteiger partial charge on any atom is 0.137 e. The van der Waals surface area contributed by atoms with Crippen LogP contribution in [0.1, 0.15) is 17.2 Å². The quantitative estimate of drug-likeness (QED) is 0.874. The maximum atomic E-state index is 6.19. The molecule has 2 N–H and O–H groups in total. The summed E-state index contributed by atoms with van der Waals surface area (Å²) in [5, 5.41) is 0. The van der Waals surface area contributed by atoms with Crippen molar-refractivity contribution in [2.24, 2.45) is 5.73 Å². The molecule has 0 aliphatic carbocycles. The van der Waals surface area contributed by atoms with E-state index in [4.69, 9.17) is 10.5 Å². The van der Waals surface area contributed by atoms with E-state index in [1.807, 2.05) is 30.3 Å². The zero-order chi connectivity index (χ0) is 12.3. The molecule has 0 aliphatic rings. The Hall–Kier alpha value is -1.14. The number of aromatic nitrogens is 1. The van der Waals surface area contributed by atoms with E-state index in [0.717, 1.165) is 16.9 Å². The minimum atomic E-state index is -0.172. The van der Waals surface area contributed by atoms with Gasteiger partial charge in [-0.25, -0.2) is 0 Å². The van der Waals surface area contributed by atoms with Crippen LogP contribution in [0.5, 0.6) is 5.75 Å². The molecule has 1 atom stereocenters. The third kappa shape index (κ3) is 2.95. The number of methoxy groups -OCH3 is 1. The van der Waals surface area contributed by atoms with Crippen LogP contribution in [0.25, 0.3) is 0 Å². The molecule has 0 fully saturated rings. The Labute approximate surface area is 114 Å². The Balaban J connectivity index is 2.29. The fraction of sp³-hybridized carbons (Fsp3) is 0.154. The van der Waals surface area contributed by atoms with Crippen LogP contribution < -0.4 is 10.5 Å². The van der Waals surface area contributed by atoms with Crippen LogP contribution in [0.3, 0.4) is 0 Å². The van der Waals surface area contributed by atoms with Crippen LogP contribution in [-0.4, -0.2) is 12.1 Å². The zero-order valence-electron chi connectivity index (χ0n) is 9.43. The number of hydrogen-bond acceptors (Lipinski definition) is 3. The Kier molecular flexibility index (Phi) is 3.96. The first-order valence-corrected chi connectivity index (χ1v) is 6.28. The number of rotatable bonds is 3. The zero-order valence-corrected chi connectivity index (χ0v) is 11.6. The predicted molar refractivity (Wildman–Crippen MR) is 76.0 cm³/mol. The van der Waals surface area contributed by atoms with Crippen molar-refractivity contribution in [3.05, 3.63) is 57.4 Å². The first-order valence-electron chi connectivity index (χ1n) is 5.20. The lowest BCUT2D eigenvalue weighted by molar-refractivity contribution is 0.412. The van der Waals surface area contributed by atoms with Gasteiger partial charge in [0.25, 0.3) is 0 Å². The van der Waals surface area contributed by atoms with Crippen LogP contribution >= 0.6 is 22.6 Å². The molecule has 0 saturated heterocycles. The average Bonchev–Trinajstić information content (AvgIpc) is 2.39. The minimum Gasteiger partial charge on any atom is -0.495 e. The summed E-state index contributed by atoms with van der Waals surface area (Å²) in [6.07, 6.45) is 3.44. The summed E-state index contributed by atoms with van der Waals surface area (Å²) in [7, 11) is 1.62. The molecule has 0 aliphatic heterocycles. The fourth-order valence-electron chi connectivity index (χ4n) is 1.58. The van der Waals surface area contributed by atoms with Gasteiger partial charge in [0, 0.05) is 9.77 Å². The average molecular weight is 340 g/mol. The van der Waals surface area contributed by atoms with Crippen molar-refractivity contribution in [3.8, 4) is 5.75 Å². The molecule has 0 amide bonds. The van der Waals surface area contributed by atoms with Gasteiger partial charge >= 0.3 is 0 Å². The largest absolute Gasteiger partial charge is 0.495 e. The topological polar surface area (TPSA) is 48.1 Å². The summed E-state index contributed by atoms with van der Waals surface area (Å²) in [6, 6.07) is 9.90. The van der Waals surface area contributed by atoms with Crippen LogP contribution in [0.15, 0.2) is 42.7 Å². The van der Waals surface area contributed by atoms with Crippen molar-refractivity contribution in [2.75, 3.05) is 7.11 Å². The molecule has 0 saturated carbocycles. The summed E-state index contributed by atoms with van der Waals surface area (Å²) < 4.78 is 6.34. The fourth-order valence-corrected chi connectivity index (χ4v) is 1.94. The molecule has 88 valence electrons. The normalized spacial score (nSPS) is 12.2. The van der Waals surface area contributed by atoms with E-state index in [-0.39, 0.29) is 6.04 Å². The highest BCUT2D eigenvalue weighted by molar-refractivity contribution is 14.1. The molecule has 2 rings (SSSR count). The summed E-state index contributed by atoms with van der Waals surface area (Å²) in [5.74, 6) is 0.725. The maximum absolute atomic E-state index is 6.19. The highest BCUT2D eigenvalue weighted by Gasteiger charge is 2.09. The lowest BCUT2D eigenvalue weighted by Gasteiger charge is -2.13. The Bertz CT molecular complexity index is 499. The lowest BCUT2D eigenvalue weighted by Crippen LogP contribution is -2.12. The highest BCUT2D eigenvalue weighted by Crippen LogP contribution is 2.22. The molecule has 0 bridgehead atoms. The molecule has 1 heterocycles. The predicted octanol–water partition coefficient (Wildman–Crippen LogP) is 2.74. The van der Waals surface area contributed by atoms with Crippen LogP contribution in [0.4, 0.5) is 0 Å². The third-order valence-electron chi connectivity index (χ3n) is 2.56. The van der Waals surface area contributed by atoms with Gasteiger partial charge in [-0.05, 0) is 51.9 Å².